The largest absolute Gasteiger partial charge is 0.454 e. The van der Waals surface area contributed by atoms with E-state index >= 15 is 0 Å². The van der Waals surface area contributed by atoms with E-state index in [0.29, 0.717) is 19.0 Å². The molecule has 0 atom stereocenters. The second-order valence-corrected chi connectivity index (χ2v) is 7.98. The van der Waals surface area contributed by atoms with E-state index < -0.39 is 0 Å². The highest BCUT2D eigenvalue weighted by molar-refractivity contribution is 5.91. The Hall–Kier alpha value is -2.97. The summed E-state index contributed by atoms with van der Waals surface area (Å²) >= 11 is 0. The summed E-state index contributed by atoms with van der Waals surface area (Å²) in [5.74, 6) is 3.13. The van der Waals surface area contributed by atoms with Crippen LogP contribution in [0.1, 0.15) is 12.0 Å². The van der Waals surface area contributed by atoms with Gasteiger partial charge in [0.05, 0.1) is 13.0 Å². The van der Waals surface area contributed by atoms with E-state index in [4.69, 9.17) is 18.9 Å². The number of hydrogen-bond acceptors (Lipinski definition) is 5. The van der Waals surface area contributed by atoms with E-state index in [1.165, 1.54) is 10.5 Å². The molecule has 0 radical (unpaired) electrons. The Bertz CT molecular complexity index is 927. The molecule has 0 spiro atoms. The molecule has 0 bridgehead atoms. The first kappa shape index (κ1) is 19.0. The van der Waals surface area contributed by atoms with Gasteiger partial charge >= 0.3 is 0 Å². The van der Waals surface area contributed by atoms with Crippen molar-refractivity contribution < 1.29 is 33.5 Å². The number of nitrogens with one attached hydrogen (secondary N) is 3. The third-order valence-corrected chi connectivity index (χ3v) is 5.92. The molecule has 158 valence electrons. The van der Waals surface area contributed by atoms with Gasteiger partial charge in [0.1, 0.15) is 32.7 Å². The minimum atomic E-state index is 0.0384. The van der Waals surface area contributed by atoms with Gasteiger partial charge in [-0.1, -0.05) is 0 Å². The van der Waals surface area contributed by atoms with Gasteiger partial charge in [-0.3, -0.25) is 4.79 Å². The number of ether oxygens (including phenoxy) is 4. The van der Waals surface area contributed by atoms with Gasteiger partial charge < -0.3 is 34.1 Å². The Balaban J connectivity index is 1.04. The molecule has 30 heavy (non-hydrogen) atoms. The zero-order chi connectivity index (χ0) is 20.3. The lowest BCUT2D eigenvalue weighted by atomic mass is 10.1. The number of quaternary nitrogens is 2. The van der Waals surface area contributed by atoms with E-state index in [1.807, 2.05) is 24.3 Å². The molecule has 2 aromatic rings. The third kappa shape index (κ3) is 4.29. The summed E-state index contributed by atoms with van der Waals surface area (Å²) < 4.78 is 21.5. The van der Waals surface area contributed by atoms with Crippen molar-refractivity contribution in [3.63, 3.8) is 0 Å². The first-order chi connectivity index (χ1) is 14.7. The van der Waals surface area contributed by atoms with Gasteiger partial charge in [-0.2, -0.15) is 0 Å². The van der Waals surface area contributed by atoms with Crippen LogP contribution in [0.5, 0.6) is 23.0 Å². The van der Waals surface area contributed by atoms with Crippen molar-refractivity contribution in [2.75, 3.05) is 51.6 Å². The summed E-state index contributed by atoms with van der Waals surface area (Å²) in [6, 6.07) is 11.7. The lowest BCUT2D eigenvalue weighted by Crippen LogP contribution is -3.27. The molecule has 8 nitrogen and oxygen atoms in total. The summed E-state index contributed by atoms with van der Waals surface area (Å²) in [6.07, 6.45) is 0.515. The van der Waals surface area contributed by atoms with E-state index in [9.17, 15) is 4.79 Å². The highest BCUT2D eigenvalue weighted by Crippen LogP contribution is 2.34. The van der Waals surface area contributed by atoms with Gasteiger partial charge in [-0.15, -0.1) is 0 Å². The van der Waals surface area contributed by atoms with Crippen molar-refractivity contribution in [3.05, 3.63) is 42.0 Å². The maximum absolute atomic E-state index is 12.3. The second kappa shape index (κ2) is 8.41. The molecular formula is C22H27N3O5+2. The van der Waals surface area contributed by atoms with Crippen molar-refractivity contribution in [3.8, 4) is 23.0 Å². The van der Waals surface area contributed by atoms with Crippen molar-refractivity contribution in [1.29, 1.82) is 0 Å². The van der Waals surface area contributed by atoms with E-state index in [2.05, 4.69) is 17.4 Å². The molecule has 3 aliphatic rings. The van der Waals surface area contributed by atoms with Crippen molar-refractivity contribution in [1.82, 2.24) is 0 Å². The quantitative estimate of drug-likeness (QED) is 0.593. The van der Waals surface area contributed by atoms with Crippen LogP contribution in [0.3, 0.4) is 0 Å². The molecular weight excluding hydrogens is 386 g/mol. The van der Waals surface area contributed by atoms with E-state index in [1.54, 1.807) is 4.90 Å². The molecule has 8 heteroatoms. The fourth-order valence-electron chi connectivity index (χ4n) is 4.21. The highest BCUT2D eigenvalue weighted by atomic mass is 16.7. The van der Waals surface area contributed by atoms with Crippen molar-refractivity contribution in [2.45, 2.75) is 13.0 Å². The smallest absolute Gasteiger partial charge is 0.231 e. The van der Waals surface area contributed by atoms with E-state index in [-0.39, 0.29) is 12.7 Å². The van der Waals surface area contributed by atoms with Crippen LogP contribution in [0.15, 0.2) is 36.4 Å². The van der Waals surface area contributed by atoms with Crippen LogP contribution in [0.25, 0.3) is 0 Å². The fourth-order valence-corrected chi connectivity index (χ4v) is 4.21. The molecule has 2 aromatic carbocycles. The molecule has 5 rings (SSSR count). The number of anilines is 1. The molecule has 1 amide bonds. The minimum Gasteiger partial charge on any atom is -0.454 e. The highest BCUT2D eigenvalue weighted by Gasteiger charge is 2.24. The van der Waals surface area contributed by atoms with Crippen molar-refractivity contribution >= 4 is 11.6 Å². The molecule has 3 N–H and O–H groups in total. The molecule has 3 aliphatic heterocycles. The number of carbonyl (C=O) groups is 1. The van der Waals surface area contributed by atoms with Crippen LogP contribution in [-0.2, 0) is 11.3 Å². The average molecular weight is 413 g/mol. The monoisotopic (exact) mass is 413 g/mol. The average Bonchev–Trinajstić information content (AvgIpc) is 3.42. The molecule has 1 fully saturated rings. The number of fused-ring (bicyclic) bond motifs is 2. The van der Waals surface area contributed by atoms with Gasteiger partial charge in [-0.05, 0) is 30.3 Å². The van der Waals surface area contributed by atoms with Crippen LogP contribution in [0, 0.1) is 0 Å². The minimum absolute atomic E-state index is 0.0384. The molecule has 0 aromatic heterocycles. The van der Waals surface area contributed by atoms with Crippen LogP contribution in [-0.4, -0.2) is 52.2 Å². The molecule has 0 unspecified atom stereocenters. The lowest BCUT2D eigenvalue weighted by Gasteiger charge is -2.29. The fraction of sp³-hybridized carbons (Fsp3) is 0.409. The van der Waals surface area contributed by atoms with Crippen molar-refractivity contribution in [2.24, 2.45) is 0 Å². The van der Waals surface area contributed by atoms with Crippen LogP contribution < -0.4 is 34.1 Å². The topological polar surface area (TPSA) is 74.9 Å². The second-order valence-electron chi connectivity index (χ2n) is 7.98. The summed E-state index contributed by atoms with van der Waals surface area (Å²) in [4.78, 5) is 15.4. The number of carbonyl (C=O) groups excluding carboxylic acids is 1. The van der Waals surface area contributed by atoms with Crippen LogP contribution in [0.2, 0.25) is 0 Å². The molecule has 3 heterocycles. The van der Waals surface area contributed by atoms with Gasteiger partial charge in [0.2, 0.25) is 19.5 Å². The normalized spacial score (nSPS) is 21.5. The SMILES string of the molecule is O=C(CC[NH+]1CC[NH+](Cc2ccc3c(c2)OCO3)CC1)Nc1ccc2c(c1)OCO2. The number of benzene rings is 2. The number of hydrogen-bond donors (Lipinski definition) is 3. The predicted molar refractivity (Wildman–Crippen MR) is 108 cm³/mol. The summed E-state index contributed by atoms with van der Waals surface area (Å²) in [5, 5.41) is 2.96. The Morgan fingerprint density at radius 1 is 0.800 bits per heavy atom. The zero-order valence-electron chi connectivity index (χ0n) is 16.9. The van der Waals surface area contributed by atoms with Crippen LogP contribution in [0.4, 0.5) is 5.69 Å². The maximum atomic E-state index is 12.3. The van der Waals surface area contributed by atoms with Gasteiger partial charge in [0, 0.05) is 17.3 Å². The maximum Gasteiger partial charge on any atom is 0.231 e. The lowest BCUT2D eigenvalue weighted by molar-refractivity contribution is -1.02. The number of piperazine rings is 1. The van der Waals surface area contributed by atoms with E-state index in [0.717, 1.165) is 62.2 Å². The van der Waals surface area contributed by atoms with Crippen LogP contribution >= 0.6 is 0 Å². The van der Waals surface area contributed by atoms with Gasteiger partial charge in [0.25, 0.3) is 0 Å². The summed E-state index contributed by atoms with van der Waals surface area (Å²) in [6.45, 7) is 6.77. The molecule has 0 aliphatic carbocycles. The molecule has 0 saturated carbocycles. The number of amides is 1. The third-order valence-electron chi connectivity index (χ3n) is 5.92. The Morgan fingerprint density at radius 2 is 1.43 bits per heavy atom. The predicted octanol–water partition coefficient (Wildman–Crippen LogP) is -0.544. The Kier molecular flexibility index (Phi) is 5.33. The zero-order valence-corrected chi connectivity index (χ0v) is 16.9. The standard InChI is InChI=1S/C22H25N3O5/c26-22(23-17-2-4-19-21(12-17)30-15-28-19)5-6-24-7-9-25(10-8-24)13-16-1-3-18-20(11-16)29-14-27-18/h1-4,11-12H,5-10,13-15H2,(H,23,26)/p+2. The summed E-state index contributed by atoms with van der Waals surface area (Å²) in [7, 11) is 0. The van der Waals surface area contributed by atoms with Gasteiger partial charge in [0.15, 0.2) is 23.0 Å². The number of rotatable bonds is 6. The first-order valence-corrected chi connectivity index (χ1v) is 10.5. The summed E-state index contributed by atoms with van der Waals surface area (Å²) in [5.41, 5.74) is 2.03. The molecule has 1 saturated heterocycles. The Labute approximate surface area is 175 Å². The first-order valence-electron chi connectivity index (χ1n) is 10.5. The van der Waals surface area contributed by atoms with Gasteiger partial charge in [-0.25, -0.2) is 0 Å². The Morgan fingerprint density at radius 3 is 2.20 bits per heavy atom.